The Bertz CT molecular complexity index is 839. The molecular weight excluding hydrogens is 310 g/mol. The van der Waals surface area contributed by atoms with Crippen LogP contribution in [0.25, 0.3) is 21.8 Å². The van der Waals surface area contributed by atoms with E-state index in [-0.39, 0.29) is 24.4 Å². The maximum atomic E-state index is 11.9. The van der Waals surface area contributed by atoms with Crippen LogP contribution in [0.15, 0.2) is 42.5 Å². The van der Waals surface area contributed by atoms with Gasteiger partial charge in [-0.2, -0.15) is 0 Å². The van der Waals surface area contributed by atoms with E-state index in [4.69, 9.17) is 5.73 Å². The zero-order valence-electron chi connectivity index (χ0n) is 13.4. The molecule has 2 aromatic carbocycles. The molecule has 0 aliphatic heterocycles. The number of aryl methyl sites for hydroxylation is 1. The van der Waals surface area contributed by atoms with Gasteiger partial charge in [0, 0.05) is 46.5 Å². The number of para-hydroxylation sites is 1. The third-order valence-corrected chi connectivity index (χ3v) is 3.88. The topological polar surface area (TPSA) is 60.0 Å². The molecule has 23 heavy (non-hydrogen) atoms. The molecule has 0 saturated heterocycles. The van der Waals surface area contributed by atoms with Crippen LogP contribution in [-0.4, -0.2) is 16.5 Å². The summed E-state index contributed by atoms with van der Waals surface area (Å²) in [7, 11) is 0. The van der Waals surface area contributed by atoms with E-state index in [9.17, 15) is 4.79 Å². The number of hydrogen-bond acceptors (Lipinski definition) is 2. The van der Waals surface area contributed by atoms with E-state index in [0.29, 0.717) is 6.42 Å². The first-order valence-corrected chi connectivity index (χ1v) is 7.66. The highest BCUT2D eigenvalue weighted by Gasteiger charge is 2.11. The van der Waals surface area contributed by atoms with E-state index in [1.807, 2.05) is 25.1 Å². The monoisotopic (exact) mass is 331 g/mol. The number of carbonyl (C=O) groups excluding carboxylic acids is 1. The molecule has 0 radical (unpaired) electrons. The molecule has 0 saturated carbocycles. The van der Waals surface area contributed by atoms with Gasteiger partial charge in [0.2, 0.25) is 5.91 Å². The first kappa shape index (κ1) is 17.3. The largest absolute Gasteiger partial charge is 0.341 e. The Morgan fingerprint density at radius 2 is 1.87 bits per heavy atom. The third-order valence-electron chi connectivity index (χ3n) is 3.88. The molecule has 0 spiro atoms. The average Bonchev–Trinajstić information content (AvgIpc) is 2.79. The standard InChI is InChI=1S/C18H21N3O.ClH/c1-3-21-16-7-5-4-6-14(16)15-11-13(8-9-17(15)21)20-18(22)10-12(2)19;/h4-9,11-12H,3,10,19H2,1-2H3,(H,20,22);1H. The maximum Gasteiger partial charge on any atom is 0.225 e. The van der Waals surface area contributed by atoms with Gasteiger partial charge in [0.15, 0.2) is 0 Å². The van der Waals surface area contributed by atoms with Crippen molar-refractivity contribution in [3.05, 3.63) is 42.5 Å². The second-order valence-corrected chi connectivity index (χ2v) is 5.72. The Morgan fingerprint density at radius 3 is 2.57 bits per heavy atom. The lowest BCUT2D eigenvalue weighted by Crippen LogP contribution is -2.23. The van der Waals surface area contributed by atoms with Crippen molar-refractivity contribution in [3.63, 3.8) is 0 Å². The third kappa shape index (κ3) is 3.33. The Morgan fingerprint density at radius 1 is 1.17 bits per heavy atom. The van der Waals surface area contributed by atoms with Crippen molar-refractivity contribution in [2.24, 2.45) is 5.73 Å². The lowest BCUT2D eigenvalue weighted by molar-refractivity contribution is -0.116. The summed E-state index contributed by atoms with van der Waals surface area (Å²) in [6.07, 6.45) is 0.328. The Labute approximate surface area is 142 Å². The van der Waals surface area contributed by atoms with Crippen LogP contribution in [0.4, 0.5) is 5.69 Å². The fourth-order valence-corrected chi connectivity index (χ4v) is 2.98. The molecule has 5 heteroatoms. The van der Waals surface area contributed by atoms with E-state index in [0.717, 1.165) is 17.6 Å². The van der Waals surface area contributed by atoms with Gasteiger partial charge in [-0.3, -0.25) is 4.79 Å². The van der Waals surface area contributed by atoms with Crippen molar-refractivity contribution in [2.45, 2.75) is 32.9 Å². The zero-order chi connectivity index (χ0) is 15.7. The number of fused-ring (bicyclic) bond motifs is 3. The van der Waals surface area contributed by atoms with Crippen molar-refractivity contribution in [1.29, 1.82) is 0 Å². The van der Waals surface area contributed by atoms with Gasteiger partial charge >= 0.3 is 0 Å². The molecule has 0 bridgehead atoms. The van der Waals surface area contributed by atoms with E-state index >= 15 is 0 Å². The summed E-state index contributed by atoms with van der Waals surface area (Å²) < 4.78 is 2.29. The van der Waals surface area contributed by atoms with Gasteiger partial charge in [-0.1, -0.05) is 18.2 Å². The highest BCUT2D eigenvalue weighted by molar-refractivity contribution is 6.09. The Hall–Kier alpha value is -2.04. The summed E-state index contributed by atoms with van der Waals surface area (Å²) in [5.74, 6) is -0.0476. The molecule has 0 fully saturated rings. The molecule has 0 aliphatic carbocycles. The molecule has 3 rings (SSSR count). The van der Waals surface area contributed by atoms with Gasteiger partial charge in [0.05, 0.1) is 0 Å². The van der Waals surface area contributed by atoms with Crippen LogP contribution in [0.3, 0.4) is 0 Å². The number of nitrogens with two attached hydrogens (primary N) is 1. The van der Waals surface area contributed by atoms with Crippen LogP contribution >= 0.6 is 12.4 Å². The smallest absolute Gasteiger partial charge is 0.225 e. The van der Waals surface area contributed by atoms with Crippen LogP contribution < -0.4 is 11.1 Å². The number of anilines is 1. The van der Waals surface area contributed by atoms with Gasteiger partial charge in [0.25, 0.3) is 0 Å². The molecule has 0 aliphatic rings. The minimum atomic E-state index is -0.134. The van der Waals surface area contributed by atoms with Gasteiger partial charge in [-0.05, 0) is 38.1 Å². The molecule has 1 aromatic heterocycles. The van der Waals surface area contributed by atoms with Crippen LogP contribution in [-0.2, 0) is 11.3 Å². The van der Waals surface area contributed by atoms with Crippen LogP contribution in [0, 0.1) is 0 Å². The number of benzene rings is 2. The lowest BCUT2D eigenvalue weighted by atomic mass is 10.1. The van der Waals surface area contributed by atoms with Crippen molar-refractivity contribution < 1.29 is 4.79 Å². The average molecular weight is 332 g/mol. The van der Waals surface area contributed by atoms with Crippen LogP contribution in [0.1, 0.15) is 20.3 Å². The minimum absolute atomic E-state index is 0. The second-order valence-electron chi connectivity index (χ2n) is 5.72. The number of carbonyl (C=O) groups is 1. The van der Waals surface area contributed by atoms with Crippen LogP contribution in [0.5, 0.6) is 0 Å². The molecule has 1 amide bonds. The quantitative estimate of drug-likeness (QED) is 0.761. The van der Waals surface area contributed by atoms with Crippen molar-refractivity contribution >= 4 is 45.8 Å². The number of halogens is 1. The SMILES string of the molecule is CCn1c2ccccc2c2cc(NC(=O)CC(C)N)ccc21.Cl. The minimum Gasteiger partial charge on any atom is -0.341 e. The van der Waals surface area contributed by atoms with Gasteiger partial charge < -0.3 is 15.6 Å². The molecule has 4 nitrogen and oxygen atoms in total. The Kier molecular flexibility index (Phi) is 5.29. The number of hydrogen-bond donors (Lipinski definition) is 2. The van der Waals surface area contributed by atoms with Gasteiger partial charge in [-0.25, -0.2) is 0 Å². The number of nitrogens with one attached hydrogen (secondary N) is 1. The van der Waals surface area contributed by atoms with Gasteiger partial charge in [-0.15, -0.1) is 12.4 Å². The van der Waals surface area contributed by atoms with E-state index in [1.54, 1.807) is 0 Å². The lowest BCUT2D eigenvalue weighted by Gasteiger charge is -2.08. The summed E-state index contributed by atoms with van der Waals surface area (Å²) in [6.45, 7) is 4.89. The normalized spacial score (nSPS) is 12.1. The number of amides is 1. The van der Waals surface area contributed by atoms with Crippen molar-refractivity contribution in [2.75, 3.05) is 5.32 Å². The summed E-state index contributed by atoms with van der Waals surface area (Å²) in [5, 5.41) is 5.30. The summed E-state index contributed by atoms with van der Waals surface area (Å²) in [6, 6.07) is 14.3. The van der Waals surface area contributed by atoms with E-state index in [1.165, 1.54) is 16.4 Å². The van der Waals surface area contributed by atoms with Crippen LogP contribution in [0.2, 0.25) is 0 Å². The first-order chi connectivity index (χ1) is 10.6. The molecule has 122 valence electrons. The highest BCUT2D eigenvalue weighted by Crippen LogP contribution is 2.30. The molecular formula is C18H22ClN3O. The fourth-order valence-electron chi connectivity index (χ4n) is 2.98. The van der Waals surface area contributed by atoms with Crippen molar-refractivity contribution in [1.82, 2.24) is 4.57 Å². The Balaban J connectivity index is 0.00000192. The number of rotatable bonds is 4. The number of aromatic nitrogens is 1. The van der Waals surface area contributed by atoms with Gasteiger partial charge in [0.1, 0.15) is 0 Å². The van der Waals surface area contributed by atoms with Crippen molar-refractivity contribution in [3.8, 4) is 0 Å². The predicted octanol–water partition coefficient (Wildman–Crippen LogP) is 3.91. The highest BCUT2D eigenvalue weighted by atomic mass is 35.5. The summed E-state index contributed by atoms with van der Waals surface area (Å²) in [4.78, 5) is 11.9. The summed E-state index contributed by atoms with van der Waals surface area (Å²) in [5.41, 5.74) is 8.90. The molecule has 3 aromatic rings. The molecule has 1 atom stereocenters. The molecule has 3 N–H and O–H groups in total. The molecule has 1 heterocycles. The summed E-state index contributed by atoms with van der Waals surface area (Å²) >= 11 is 0. The second kappa shape index (κ2) is 7.02. The first-order valence-electron chi connectivity index (χ1n) is 7.66. The zero-order valence-corrected chi connectivity index (χ0v) is 14.2. The fraction of sp³-hybridized carbons (Fsp3) is 0.278. The number of nitrogens with zero attached hydrogens (tertiary/aromatic N) is 1. The maximum absolute atomic E-state index is 11.9. The predicted molar refractivity (Wildman–Crippen MR) is 99.3 cm³/mol. The van der Waals surface area contributed by atoms with E-state index < -0.39 is 0 Å². The van der Waals surface area contributed by atoms with E-state index in [2.05, 4.69) is 41.1 Å². The molecule has 1 unspecified atom stereocenters.